The lowest BCUT2D eigenvalue weighted by atomic mass is 9.74. The molecular weight excluding hydrogens is 170 g/mol. The molecule has 0 aliphatic carbocycles. The fraction of sp³-hybridized carbons (Fsp3) is 0.538. The Morgan fingerprint density at radius 2 is 2.14 bits per heavy atom. The Morgan fingerprint density at radius 3 is 2.64 bits per heavy atom. The summed E-state index contributed by atoms with van der Waals surface area (Å²) in [6, 6.07) is 8.90. The number of hydrogen-bond donors (Lipinski definition) is 1. The van der Waals surface area contributed by atoms with Crippen LogP contribution in [0.5, 0.6) is 0 Å². The molecule has 0 atom stereocenters. The van der Waals surface area contributed by atoms with E-state index in [1.807, 2.05) is 0 Å². The Labute approximate surface area is 86.5 Å². The molecule has 0 radical (unpaired) electrons. The van der Waals surface area contributed by atoms with Gasteiger partial charge < -0.3 is 5.32 Å². The van der Waals surface area contributed by atoms with E-state index >= 15 is 0 Å². The summed E-state index contributed by atoms with van der Waals surface area (Å²) < 4.78 is 0. The highest BCUT2D eigenvalue weighted by molar-refractivity contribution is 5.24. The minimum absolute atomic E-state index is 0.549. The van der Waals surface area contributed by atoms with Gasteiger partial charge in [0, 0.05) is 13.1 Å². The molecular formula is C13H19N. The van der Waals surface area contributed by atoms with Gasteiger partial charge in [0.25, 0.3) is 0 Å². The van der Waals surface area contributed by atoms with Crippen LogP contribution in [-0.2, 0) is 6.42 Å². The molecule has 1 aliphatic heterocycles. The summed E-state index contributed by atoms with van der Waals surface area (Å²) in [4.78, 5) is 0. The largest absolute Gasteiger partial charge is 0.316 e. The minimum atomic E-state index is 0.549. The predicted octanol–water partition coefficient (Wildman–Crippen LogP) is 2.54. The highest BCUT2D eigenvalue weighted by atomic mass is 15.0. The topological polar surface area (TPSA) is 12.0 Å². The van der Waals surface area contributed by atoms with Crippen molar-refractivity contribution >= 4 is 0 Å². The van der Waals surface area contributed by atoms with Crippen molar-refractivity contribution in [1.82, 2.24) is 5.32 Å². The first-order valence-corrected chi connectivity index (χ1v) is 5.50. The van der Waals surface area contributed by atoms with Crippen LogP contribution < -0.4 is 5.32 Å². The molecule has 1 aromatic carbocycles. The van der Waals surface area contributed by atoms with E-state index in [-0.39, 0.29) is 0 Å². The van der Waals surface area contributed by atoms with Gasteiger partial charge in [-0.25, -0.2) is 0 Å². The van der Waals surface area contributed by atoms with Crippen LogP contribution in [0.2, 0.25) is 0 Å². The van der Waals surface area contributed by atoms with Crippen molar-refractivity contribution in [3.63, 3.8) is 0 Å². The standard InChI is InChI=1S/C13H19N/c1-3-13(9-14-10-13)8-12-6-4-5-11(2)7-12/h4-7,14H,3,8-10H2,1-2H3. The maximum absolute atomic E-state index is 3.39. The first-order chi connectivity index (χ1) is 6.74. The maximum atomic E-state index is 3.39. The molecule has 0 unspecified atom stereocenters. The normalized spacial score (nSPS) is 19.0. The van der Waals surface area contributed by atoms with Crippen LogP contribution in [0.25, 0.3) is 0 Å². The average Bonchev–Trinajstić information content (AvgIpc) is 2.11. The minimum Gasteiger partial charge on any atom is -0.316 e. The van der Waals surface area contributed by atoms with Crippen molar-refractivity contribution in [2.45, 2.75) is 26.7 Å². The summed E-state index contributed by atoms with van der Waals surface area (Å²) in [6.07, 6.45) is 2.52. The third-order valence-corrected chi connectivity index (χ3v) is 3.41. The predicted molar refractivity (Wildman–Crippen MR) is 60.5 cm³/mol. The Hall–Kier alpha value is -0.820. The summed E-state index contributed by atoms with van der Waals surface area (Å²) in [5, 5.41) is 3.39. The van der Waals surface area contributed by atoms with Gasteiger partial charge in [0.1, 0.15) is 0 Å². The summed E-state index contributed by atoms with van der Waals surface area (Å²) in [5.74, 6) is 0. The fourth-order valence-electron chi connectivity index (χ4n) is 2.23. The van der Waals surface area contributed by atoms with Crippen LogP contribution in [0.1, 0.15) is 24.5 Å². The number of rotatable bonds is 3. The zero-order valence-electron chi connectivity index (χ0n) is 9.14. The molecule has 1 heterocycles. The first-order valence-electron chi connectivity index (χ1n) is 5.50. The Morgan fingerprint density at radius 1 is 1.36 bits per heavy atom. The van der Waals surface area contributed by atoms with E-state index in [0.717, 1.165) is 0 Å². The molecule has 0 aromatic heterocycles. The lowest BCUT2D eigenvalue weighted by molar-refractivity contribution is 0.160. The molecule has 0 saturated carbocycles. The number of nitrogens with one attached hydrogen (secondary N) is 1. The van der Waals surface area contributed by atoms with E-state index in [9.17, 15) is 0 Å². The highest BCUT2D eigenvalue weighted by Crippen LogP contribution is 2.31. The van der Waals surface area contributed by atoms with Gasteiger partial charge in [0.2, 0.25) is 0 Å². The van der Waals surface area contributed by atoms with Crippen molar-refractivity contribution < 1.29 is 0 Å². The molecule has 1 fully saturated rings. The van der Waals surface area contributed by atoms with E-state index in [1.54, 1.807) is 0 Å². The zero-order chi connectivity index (χ0) is 10.0. The molecule has 2 rings (SSSR count). The van der Waals surface area contributed by atoms with E-state index < -0.39 is 0 Å². The molecule has 1 heteroatoms. The summed E-state index contributed by atoms with van der Waals surface area (Å²) in [7, 11) is 0. The molecule has 0 amide bonds. The number of hydrogen-bond acceptors (Lipinski definition) is 1. The second kappa shape index (κ2) is 3.74. The van der Waals surface area contributed by atoms with E-state index in [2.05, 4.69) is 43.4 Å². The van der Waals surface area contributed by atoms with Crippen molar-refractivity contribution in [2.24, 2.45) is 5.41 Å². The molecule has 1 aromatic rings. The van der Waals surface area contributed by atoms with Gasteiger partial charge in [0.05, 0.1) is 0 Å². The van der Waals surface area contributed by atoms with Crippen LogP contribution >= 0.6 is 0 Å². The molecule has 1 aliphatic rings. The Bertz CT molecular complexity index is 307. The SMILES string of the molecule is CCC1(Cc2cccc(C)c2)CNC1. The number of aryl methyl sites for hydroxylation is 1. The van der Waals surface area contributed by atoms with Crippen molar-refractivity contribution in [2.75, 3.05) is 13.1 Å². The van der Waals surface area contributed by atoms with Crippen molar-refractivity contribution in [3.8, 4) is 0 Å². The monoisotopic (exact) mass is 189 g/mol. The Balaban J connectivity index is 2.09. The van der Waals surface area contributed by atoms with Crippen molar-refractivity contribution in [1.29, 1.82) is 0 Å². The number of benzene rings is 1. The van der Waals surface area contributed by atoms with Crippen LogP contribution in [0.3, 0.4) is 0 Å². The molecule has 0 spiro atoms. The molecule has 14 heavy (non-hydrogen) atoms. The van der Waals surface area contributed by atoms with Crippen molar-refractivity contribution in [3.05, 3.63) is 35.4 Å². The van der Waals surface area contributed by atoms with Crippen LogP contribution in [0, 0.1) is 12.3 Å². The van der Waals surface area contributed by atoms with Gasteiger partial charge in [0.15, 0.2) is 0 Å². The van der Waals surface area contributed by atoms with E-state index in [4.69, 9.17) is 0 Å². The van der Waals surface area contributed by atoms with E-state index in [0.29, 0.717) is 5.41 Å². The fourth-order valence-corrected chi connectivity index (χ4v) is 2.23. The molecule has 1 nitrogen and oxygen atoms in total. The summed E-state index contributed by atoms with van der Waals surface area (Å²) in [6.45, 7) is 6.85. The smallest absolute Gasteiger partial charge is 0.00233 e. The quantitative estimate of drug-likeness (QED) is 0.770. The van der Waals surface area contributed by atoms with Crippen LogP contribution in [-0.4, -0.2) is 13.1 Å². The van der Waals surface area contributed by atoms with Crippen LogP contribution in [0.4, 0.5) is 0 Å². The zero-order valence-corrected chi connectivity index (χ0v) is 9.14. The lowest BCUT2D eigenvalue weighted by Crippen LogP contribution is -2.54. The highest BCUT2D eigenvalue weighted by Gasteiger charge is 2.34. The van der Waals surface area contributed by atoms with Gasteiger partial charge in [-0.1, -0.05) is 36.8 Å². The second-order valence-electron chi connectivity index (χ2n) is 4.62. The first kappa shape index (κ1) is 9.72. The van der Waals surface area contributed by atoms with Gasteiger partial charge in [-0.05, 0) is 30.7 Å². The maximum Gasteiger partial charge on any atom is 0.00233 e. The Kier molecular flexibility index (Phi) is 2.60. The van der Waals surface area contributed by atoms with E-state index in [1.165, 1.54) is 37.1 Å². The third-order valence-electron chi connectivity index (χ3n) is 3.41. The second-order valence-corrected chi connectivity index (χ2v) is 4.62. The molecule has 0 bridgehead atoms. The summed E-state index contributed by atoms with van der Waals surface area (Å²) >= 11 is 0. The van der Waals surface area contributed by atoms with Crippen LogP contribution in [0.15, 0.2) is 24.3 Å². The average molecular weight is 189 g/mol. The van der Waals surface area contributed by atoms with Gasteiger partial charge in [-0.3, -0.25) is 0 Å². The van der Waals surface area contributed by atoms with Gasteiger partial charge in [-0.15, -0.1) is 0 Å². The molecule has 76 valence electrons. The molecule has 1 N–H and O–H groups in total. The lowest BCUT2D eigenvalue weighted by Gasteiger charge is -2.42. The third kappa shape index (κ3) is 1.83. The van der Waals surface area contributed by atoms with Gasteiger partial charge in [-0.2, -0.15) is 0 Å². The summed E-state index contributed by atoms with van der Waals surface area (Å²) in [5.41, 5.74) is 3.42. The van der Waals surface area contributed by atoms with Gasteiger partial charge >= 0.3 is 0 Å². The molecule has 1 saturated heterocycles.